The van der Waals surface area contributed by atoms with Crippen molar-refractivity contribution in [3.8, 4) is 5.75 Å². The fourth-order valence-corrected chi connectivity index (χ4v) is 8.01. The Kier molecular flexibility index (Phi) is 5.47. The van der Waals surface area contributed by atoms with E-state index in [2.05, 4.69) is 0 Å². The van der Waals surface area contributed by atoms with Gasteiger partial charge in [0.2, 0.25) is 0 Å². The molecule has 0 bridgehead atoms. The Morgan fingerprint density at radius 3 is 2.56 bits per heavy atom. The Bertz CT molecular complexity index is 1140. The van der Waals surface area contributed by atoms with E-state index in [4.69, 9.17) is 16.3 Å². The third kappa shape index (κ3) is 3.26. The summed E-state index contributed by atoms with van der Waals surface area (Å²) in [7, 11) is -3.76. The van der Waals surface area contributed by atoms with Crippen molar-refractivity contribution < 1.29 is 21.9 Å². The van der Waals surface area contributed by atoms with Crippen molar-refractivity contribution in [2.75, 3.05) is 19.7 Å². The molecule has 3 atom stereocenters. The van der Waals surface area contributed by atoms with Crippen LogP contribution >= 0.6 is 11.6 Å². The second kappa shape index (κ2) is 7.94. The molecule has 172 valence electrons. The standard InChI is InChI=1S/C23H25ClF2N2O3S/c1-2-27-12-10-17-9-11-23(13-15-3-5-16(24)6-4-15)20(28(17)32(27,29)30)14-31-22-19(26)8-7-18(25)21(22)23/h3-8,17,20H,2,9-14H2,1H3/t17-,20+,23-/m0/s1. The number of piperidine rings is 1. The minimum atomic E-state index is -3.76. The van der Waals surface area contributed by atoms with Crippen LogP contribution in [0, 0.1) is 11.6 Å². The summed E-state index contributed by atoms with van der Waals surface area (Å²) in [6, 6.07) is 8.59. The minimum Gasteiger partial charge on any atom is -0.488 e. The average molecular weight is 483 g/mol. The van der Waals surface area contributed by atoms with Crippen LogP contribution in [0.5, 0.6) is 5.75 Å². The Balaban J connectivity index is 1.70. The molecule has 3 heterocycles. The van der Waals surface area contributed by atoms with E-state index in [0.29, 0.717) is 43.8 Å². The second-order valence-corrected chi connectivity index (χ2v) is 11.1. The van der Waals surface area contributed by atoms with Crippen LogP contribution in [0.25, 0.3) is 0 Å². The van der Waals surface area contributed by atoms with E-state index in [9.17, 15) is 12.8 Å². The summed E-state index contributed by atoms with van der Waals surface area (Å²) in [5.41, 5.74) is 0.0792. The van der Waals surface area contributed by atoms with Crippen LogP contribution in [0.3, 0.4) is 0 Å². The summed E-state index contributed by atoms with van der Waals surface area (Å²) in [6.45, 7) is 2.62. The molecule has 0 saturated carbocycles. The number of fused-ring (bicyclic) bond motifs is 5. The lowest BCUT2D eigenvalue weighted by Gasteiger charge is -2.57. The molecule has 5 nitrogen and oxygen atoms in total. The molecule has 0 unspecified atom stereocenters. The van der Waals surface area contributed by atoms with Crippen molar-refractivity contribution in [2.24, 2.45) is 0 Å². The largest absolute Gasteiger partial charge is 0.488 e. The number of hydrogen-bond acceptors (Lipinski definition) is 3. The highest BCUT2D eigenvalue weighted by Gasteiger charge is 2.59. The lowest BCUT2D eigenvalue weighted by Crippen LogP contribution is -2.69. The Morgan fingerprint density at radius 1 is 1.12 bits per heavy atom. The molecule has 0 N–H and O–H groups in total. The maximum absolute atomic E-state index is 15.3. The first-order valence-corrected chi connectivity index (χ1v) is 12.7. The van der Waals surface area contributed by atoms with Crippen LogP contribution in [0.2, 0.25) is 5.02 Å². The van der Waals surface area contributed by atoms with Crippen LogP contribution in [0.4, 0.5) is 8.78 Å². The minimum absolute atomic E-state index is 0.0196. The van der Waals surface area contributed by atoms with Crippen molar-refractivity contribution >= 4 is 21.8 Å². The zero-order valence-corrected chi connectivity index (χ0v) is 19.3. The lowest BCUT2D eigenvalue weighted by molar-refractivity contribution is 0.0125. The van der Waals surface area contributed by atoms with Crippen molar-refractivity contribution in [3.05, 3.63) is 64.2 Å². The van der Waals surface area contributed by atoms with Gasteiger partial charge in [0.15, 0.2) is 11.6 Å². The molecule has 5 rings (SSSR count). The van der Waals surface area contributed by atoms with E-state index < -0.39 is 33.3 Å². The maximum atomic E-state index is 15.3. The van der Waals surface area contributed by atoms with Gasteiger partial charge in [0.05, 0.1) is 6.04 Å². The molecule has 2 fully saturated rings. The van der Waals surface area contributed by atoms with Gasteiger partial charge in [-0.15, -0.1) is 0 Å². The molecule has 0 aliphatic carbocycles. The fourth-order valence-electron chi connectivity index (χ4n) is 5.79. The third-order valence-electron chi connectivity index (χ3n) is 7.26. The van der Waals surface area contributed by atoms with Gasteiger partial charge in [-0.25, -0.2) is 8.78 Å². The monoisotopic (exact) mass is 482 g/mol. The first kappa shape index (κ1) is 22.1. The van der Waals surface area contributed by atoms with E-state index in [0.717, 1.165) is 17.7 Å². The van der Waals surface area contributed by atoms with Crippen molar-refractivity contribution in [3.63, 3.8) is 0 Å². The topological polar surface area (TPSA) is 49.9 Å². The molecule has 32 heavy (non-hydrogen) atoms. The second-order valence-electron chi connectivity index (χ2n) is 8.83. The van der Waals surface area contributed by atoms with Gasteiger partial charge in [-0.1, -0.05) is 30.7 Å². The quantitative estimate of drug-likeness (QED) is 0.655. The number of nitrogens with zero attached hydrogens (tertiary/aromatic N) is 2. The first-order valence-electron chi connectivity index (χ1n) is 10.9. The molecule has 9 heteroatoms. The third-order valence-corrected chi connectivity index (χ3v) is 9.69. The number of benzene rings is 2. The molecule has 0 radical (unpaired) electrons. The molecule has 3 aliphatic rings. The van der Waals surface area contributed by atoms with Gasteiger partial charge < -0.3 is 4.74 Å². The molecule has 2 aromatic rings. The van der Waals surface area contributed by atoms with Crippen LogP contribution in [0.1, 0.15) is 37.3 Å². The summed E-state index contributed by atoms with van der Waals surface area (Å²) in [6.07, 6.45) is 2.19. The fraction of sp³-hybridized carbons (Fsp3) is 0.478. The highest BCUT2D eigenvalue weighted by Crippen LogP contribution is 2.53. The Morgan fingerprint density at radius 2 is 1.84 bits per heavy atom. The molecule has 0 spiro atoms. The predicted molar refractivity (Wildman–Crippen MR) is 118 cm³/mol. The number of halogens is 3. The molecule has 0 aromatic heterocycles. The van der Waals surface area contributed by atoms with Crippen molar-refractivity contribution in [1.29, 1.82) is 0 Å². The SMILES string of the molecule is CCN1CC[C@@H]2CC[C@@]3(Cc4ccc(Cl)cc4)c4c(F)ccc(F)c4OC[C@H]3N2S1(=O)=O. The van der Waals surface area contributed by atoms with Gasteiger partial charge in [0, 0.05) is 35.1 Å². The van der Waals surface area contributed by atoms with Gasteiger partial charge in [0.25, 0.3) is 10.2 Å². The van der Waals surface area contributed by atoms with E-state index >= 15 is 4.39 Å². The molecule has 2 saturated heterocycles. The van der Waals surface area contributed by atoms with Gasteiger partial charge in [-0.05, 0) is 55.5 Å². The lowest BCUT2D eigenvalue weighted by atomic mass is 9.63. The summed E-state index contributed by atoms with van der Waals surface area (Å²) in [5, 5.41) is 0.577. The number of rotatable bonds is 3. The predicted octanol–water partition coefficient (Wildman–Crippen LogP) is 4.29. The molecular formula is C23H25ClF2N2O3S. The Hall–Kier alpha value is -1.74. The van der Waals surface area contributed by atoms with Crippen LogP contribution in [0.15, 0.2) is 36.4 Å². The normalized spacial score (nSPS) is 29.5. The van der Waals surface area contributed by atoms with Crippen molar-refractivity contribution in [1.82, 2.24) is 8.61 Å². The molecular weight excluding hydrogens is 458 g/mol. The van der Waals surface area contributed by atoms with E-state index in [1.807, 2.05) is 19.1 Å². The highest BCUT2D eigenvalue weighted by molar-refractivity contribution is 7.86. The van der Waals surface area contributed by atoms with Gasteiger partial charge >= 0.3 is 0 Å². The summed E-state index contributed by atoms with van der Waals surface area (Å²) in [4.78, 5) is 0. The Labute approximate surface area is 192 Å². The zero-order chi connectivity index (χ0) is 22.7. The smallest absolute Gasteiger partial charge is 0.282 e. The van der Waals surface area contributed by atoms with Crippen LogP contribution in [-0.4, -0.2) is 48.8 Å². The molecule has 0 amide bonds. The average Bonchev–Trinajstić information content (AvgIpc) is 2.77. The van der Waals surface area contributed by atoms with Gasteiger partial charge in [0.1, 0.15) is 12.4 Å². The summed E-state index contributed by atoms with van der Waals surface area (Å²) < 4.78 is 65.9. The maximum Gasteiger partial charge on any atom is 0.282 e. The molecule has 2 aromatic carbocycles. The number of ether oxygens (including phenoxy) is 1. The van der Waals surface area contributed by atoms with Crippen LogP contribution in [-0.2, 0) is 22.0 Å². The van der Waals surface area contributed by atoms with Gasteiger partial charge in [-0.3, -0.25) is 0 Å². The molecule has 3 aliphatic heterocycles. The summed E-state index contributed by atoms with van der Waals surface area (Å²) >= 11 is 6.06. The first-order chi connectivity index (χ1) is 15.3. The summed E-state index contributed by atoms with van der Waals surface area (Å²) in [5.74, 6) is -1.30. The highest BCUT2D eigenvalue weighted by atomic mass is 35.5. The van der Waals surface area contributed by atoms with Crippen molar-refractivity contribution in [2.45, 2.75) is 50.1 Å². The van der Waals surface area contributed by atoms with Gasteiger partial charge in [-0.2, -0.15) is 17.0 Å². The van der Waals surface area contributed by atoms with E-state index in [1.54, 1.807) is 12.1 Å². The van der Waals surface area contributed by atoms with E-state index in [-0.39, 0.29) is 24.0 Å². The van der Waals surface area contributed by atoms with E-state index in [1.165, 1.54) is 8.61 Å². The zero-order valence-electron chi connectivity index (χ0n) is 17.7. The number of hydrogen-bond donors (Lipinski definition) is 0. The van der Waals surface area contributed by atoms with Crippen LogP contribution < -0.4 is 4.74 Å².